The maximum Gasteiger partial charge on any atom is 0.240 e. The zero-order valence-corrected chi connectivity index (χ0v) is 11.2. The van der Waals surface area contributed by atoms with E-state index in [-0.39, 0.29) is 6.10 Å². The van der Waals surface area contributed by atoms with Crippen molar-refractivity contribution in [1.82, 2.24) is 20.4 Å². The summed E-state index contributed by atoms with van der Waals surface area (Å²) in [4.78, 5) is 6.74. The number of methoxy groups -OCH3 is 1. The highest BCUT2D eigenvalue weighted by molar-refractivity contribution is 4.91. The summed E-state index contributed by atoms with van der Waals surface area (Å²) in [7, 11) is 1.69. The Labute approximate surface area is 108 Å². The van der Waals surface area contributed by atoms with Crippen LogP contribution in [-0.2, 0) is 11.3 Å². The summed E-state index contributed by atoms with van der Waals surface area (Å²) in [5.74, 6) is 1.36. The Morgan fingerprint density at radius 3 is 2.89 bits per heavy atom. The highest BCUT2D eigenvalue weighted by atomic mass is 16.5. The second kappa shape index (κ2) is 6.82. The van der Waals surface area contributed by atoms with Crippen LogP contribution in [0.2, 0.25) is 0 Å². The normalized spacial score (nSPS) is 19.0. The Hall–Kier alpha value is -0.980. The number of aromatic nitrogens is 2. The second-order valence-electron chi connectivity index (χ2n) is 4.59. The molecule has 0 aromatic carbocycles. The van der Waals surface area contributed by atoms with E-state index < -0.39 is 0 Å². The lowest BCUT2D eigenvalue weighted by Crippen LogP contribution is -2.42. The van der Waals surface area contributed by atoms with E-state index in [1.54, 1.807) is 7.11 Å². The molecule has 0 radical (unpaired) electrons. The van der Waals surface area contributed by atoms with Crippen LogP contribution in [0.3, 0.4) is 0 Å². The van der Waals surface area contributed by atoms with Gasteiger partial charge in [0.05, 0.1) is 6.54 Å². The number of hydrogen-bond donors (Lipinski definition) is 1. The third-order valence-corrected chi connectivity index (χ3v) is 3.18. The van der Waals surface area contributed by atoms with Crippen molar-refractivity contribution in [1.29, 1.82) is 0 Å². The van der Waals surface area contributed by atoms with Gasteiger partial charge < -0.3 is 14.6 Å². The minimum atomic E-state index is -0.0458. The van der Waals surface area contributed by atoms with Gasteiger partial charge in [0.15, 0.2) is 0 Å². The van der Waals surface area contributed by atoms with Crippen molar-refractivity contribution in [3.63, 3.8) is 0 Å². The summed E-state index contributed by atoms with van der Waals surface area (Å²) in [5, 5.41) is 7.34. The predicted octanol–water partition coefficient (Wildman–Crippen LogP) is 0.962. The van der Waals surface area contributed by atoms with Crippen LogP contribution in [0.5, 0.6) is 0 Å². The van der Waals surface area contributed by atoms with Crippen molar-refractivity contribution in [3.05, 3.63) is 11.7 Å². The number of hydrogen-bond acceptors (Lipinski definition) is 6. The van der Waals surface area contributed by atoms with Crippen molar-refractivity contribution < 1.29 is 9.26 Å². The fourth-order valence-corrected chi connectivity index (χ4v) is 2.14. The molecule has 0 aliphatic carbocycles. The average molecular weight is 254 g/mol. The molecule has 1 aliphatic rings. The number of piperazine rings is 1. The Bertz CT molecular complexity index is 350. The van der Waals surface area contributed by atoms with E-state index in [1.165, 1.54) is 0 Å². The SMILES string of the molecule is CCCC(OC)c1noc(CN2CCNCC2)n1. The summed E-state index contributed by atoms with van der Waals surface area (Å²) >= 11 is 0. The molecule has 1 aromatic rings. The van der Waals surface area contributed by atoms with Crippen LogP contribution in [-0.4, -0.2) is 48.3 Å². The lowest BCUT2D eigenvalue weighted by Gasteiger charge is -2.25. The van der Waals surface area contributed by atoms with Gasteiger partial charge in [0.25, 0.3) is 0 Å². The second-order valence-corrected chi connectivity index (χ2v) is 4.59. The molecule has 0 spiro atoms. The van der Waals surface area contributed by atoms with Gasteiger partial charge >= 0.3 is 0 Å². The molecule has 0 saturated carbocycles. The molecule has 0 bridgehead atoms. The monoisotopic (exact) mass is 254 g/mol. The third-order valence-electron chi connectivity index (χ3n) is 3.18. The average Bonchev–Trinajstić information content (AvgIpc) is 2.85. The molecular formula is C12H22N4O2. The molecule has 1 saturated heterocycles. The first-order valence-corrected chi connectivity index (χ1v) is 6.61. The standard InChI is InChI=1S/C12H22N4O2/c1-3-4-10(17-2)12-14-11(18-15-12)9-16-7-5-13-6-8-16/h10,13H,3-9H2,1-2H3. The number of rotatable bonds is 6. The van der Waals surface area contributed by atoms with Gasteiger partial charge in [-0.25, -0.2) is 0 Å². The molecule has 6 heteroatoms. The maximum atomic E-state index is 5.37. The Balaban J connectivity index is 1.92. The summed E-state index contributed by atoms with van der Waals surface area (Å²) in [6.07, 6.45) is 1.92. The zero-order chi connectivity index (χ0) is 12.8. The predicted molar refractivity (Wildman–Crippen MR) is 67.1 cm³/mol. The molecule has 2 rings (SSSR count). The van der Waals surface area contributed by atoms with Crippen LogP contribution in [0, 0.1) is 0 Å². The molecule has 1 unspecified atom stereocenters. The van der Waals surface area contributed by atoms with Gasteiger partial charge in [-0.1, -0.05) is 18.5 Å². The van der Waals surface area contributed by atoms with Gasteiger partial charge in [-0.15, -0.1) is 0 Å². The molecule has 1 N–H and O–H groups in total. The first-order valence-electron chi connectivity index (χ1n) is 6.61. The minimum Gasteiger partial charge on any atom is -0.373 e. The molecule has 6 nitrogen and oxygen atoms in total. The van der Waals surface area contributed by atoms with Crippen LogP contribution >= 0.6 is 0 Å². The molecule has 102 valence electrons. The van der Waals surface area contributed by atoms with E-state index in [0.717, 1.165) is 45.6 Å². The van der Waals surface area contributed by atoms with Crippen molar-refractivity contribution in [2.75, 3.05) is 33.3 Å². The van der Waals surface area contributed by atoms with E-state index in [1.807, 2.05) is 0 Å². The highest BCUT2D eigenvalue weighted by Gasteiger charge is 2.19. The minimum absolute atomic E-state index is 0.0458. The number of ether oxygens (including phenoxy) is 1. The molecule has 0 amide bonds. The van der Waals surface area contributed by atoms with E-state index in [2.05, 4.69) is 27.3 Å². The number of nitrogens with one attached hydrogen (secondary N) is 1. The van der Waals surface area contributed by atoms with Gasteiger partial charge in [0.2, 0.25) is 11.7 Å². The zero-order valence-electron chi connectivity index (χ0n) is 11.2. The van der Waals surface area contributed by atoms with Gasteiger partial charge in [0.1, 0.15) is 6.10 Å². The quantitative estimate of drug-likeness (QED) is 0.816. The lowest BCUT2D eigenvalue weighted by molar-refractivity contribution is 0.0854. The Morgan fingerprint density at radius 1 is 1.44 bits per heavy atom. The summed E-state index contributed by atoms with van der Waals surface area (Å²) in [6, 6.07) is 0. The Kier molecular flexibility index (Phi) is 5.10. The van der Waals surface area contributed by atoms with E-state index in [4.69, 9.17) is 9.26 Å². The van der Waals surface area contributed by atoms with Gasteiger partial charge in [-0.05, 0) is 6.42 Å². The van der Waals surface area contributed by atoms with Gasteiger partial charge in [0, 0.05) is 33.3 Å². The van der Waals surface area contributed by atoms with Gasteiger partial charge in [-0.3, -0.25) is 4.90 Å². The molecule has 1 atom stereocenters. The van der Waals surface area contributed by atoms with Crippen molar-refractivity contribution in [3.8, 4) is 0 Å². The van der Waals surface area contributed by atoms with Crippen LogP contribution < -0.4 is 5.32 Å². The first kappa shape index (κ1) is 13.5. The van der Waals surface area contributed by atoms with Crippen LogP contribution in [0.4, 0.5) is 0 Å². The fraction of sp³-hybridized carbons (Fsp3) is 0.833. The fourth-order valence-electron chi connectivity index (χ4n) is 2.14. The smallest absolute Gasteiger partial charge is 0.240 e. The molecule has 1 aromatic heterocycles. The van der Waals surface area contributed by atoms with E-state index in [0.29, 0.717) is 11.7 Å². The maximum absolute atomic E-state index is 5.37. The van der Waals surface area contributed by atoms with Crippen LogP contribution in [0.25, 0.3) is 0 Å². The molecular weight excluding hydrogens is 232 g/mol. The molecule has 1 fully saturated rings. The molecule has 18 heavy (non-hydrogen) atoms. The van der Waals surface area contributed by atoms with Crippen LogP contribution in [0.1, 0.15) is 37.6 Å². The summed E-state index contributed by atoms with van der Waals surface area (Å²) in [6.45, 7) is 6.96. The topological polar surface area (TPSA) is 63.4 Å². The summed E-state index contributed by atoms with van der Waals surface area (Å²) in [5.41, 5.74) is 0. The Morgan fingerprint density at radius 2 is 2.22 bits per heavy atom. The van der Waals surface area contributed by atoms with Gasteiger partial charge in [-0.2, -0.15) is 4.98 Å². The number of nitrogens with zero attached hydrogens (tertiary/aromatic N) is 3. The van der Waals surface area contributed by atoms with E-state index in [9.17, 15) is 0 Å². The van der Waals surface area contributed by atoms with E-state index >= 15 is 0 Å². The third kappa shape index (κ3) is 3.51. The molecule has 2 heterocycles. The lowest BCUT2D eigenvalue weighted by atomic mass is 10.2. The summed E-state index contributed by atoms with van der Waals surface area (Å²) < 4.78 is 10.7. The van der Waals surface area contributed by atoms with Crippen molar-refractivity contribution >= 4 is 0 Å². The first-order chi connectivity index (χ1) is 8.83. The van der Waals surface area contributed by atoms with Crippen LogP contribution in [0.15, 0.2) is 4.52 Å². The highest BCUT2D eigenvalue weighted by Crippen LogP contribution is 2.19. The largest absolute Gasteiger partial charge is 0.373 e. The van der Waals surface area contributed by atoms with Crippen molar-refractivity contribution in [2.24, 2.45) is 0 Å². The molecule has 1 aliphatic heterocycles. The van der Waals surface area contributed by atoms with Crippen molar-refractivity contribution in [2.45, 2.75) is 32.4 Å².